The second-order valence-corrected chi connectivity index (χ2v) is 6.53. The van der Waals surface area contributed by atoms with Crippen LogP contribution in [0.5, 0.6) is 0 Å². The van der Waals surface area contributed by atoms with Gasteiger partial charge in [0.2, 0.25) is 10.0 Å². The Morgan fingerprint density at radius 1 is 1.14 bits per heavy atom. The zero-order valence-electron chi connectivity index (χ0n) is 10.8. The fourth-order valence-corrected chi connectivity index (χ4v) is 3.11. The molecule has 0 saturated heterocycles. The van der Waals surface area contributed by atoms with E-state index in [-0.39, 0.29) is 11.3 Å². The van der Waals surface area contributed by atoms with E-state index >= 15 is 0 Å². The summed E-state index contributed by atoms with van der Waals surface area (Å²) in [6.45, 7) is 0. The highest BCUT2D eigenvalue weighted by atomic mass is 35.5. The number of sulfonamides is 1. The second kappa shape index (κ2) is 6.15. The minimum Gasteiger partial charge on any atom is -0.478 e. The molecular weight excluding hydrogens is 314 g/mol. The Kier molecular flexibility index (Phi) is 4.50. The molecule has 0 aromatic heterocycles. The summed E-state index contributed by atoms with van der Waals surface area (Å²) in [7, 11) is -3.59. The topological polar surface area (TPSA) is 83.5 Å². The minimum atomic E-state index is -3.59. The molecule has 0 aliphatic heterocycles. The van der Waals surface area contributed by atoms with E-state index in [9.17, 15) is 13.2 Å². The lowest BCUT2D eigenvalue weighted by Gasteiger charge is -2.08. The van der Waals surface area contributed by atoms with Crippen LogP contribution in [0.4, 0.5) is 5.69 Å². The molecule has 0 radical (unpaired) electrons. The summed E-state index contributed by atoms with van der Waals surface area (Å²) >= 11 is 5.79. The van der Waals surface area contributed by atoms with Crippen molar-refractivity contribution in [1.29, 1.82) is 0 Å². The number of nitrogens with one attached hydrogen (secondary N) is 1. The van der Waals surface area contributed by atoms with Gasteiger partial charge in [0, 0.05) is 10.7 Å². The van der Waals surface area contributed by atoms with Crippen LogP contribution in [0.25, 0.3) is 0 Å². The first-order chi connectivity index (χ1) is 9.85. The number of carboxylic acid groups (broad SMARTS) is 1. The van der Waals surface area contributed by atoms with Gasteiger partial charge in [-0.1, -0.05) is 29.8 Å². The van der Waals surface area contributed by atoms with E-state index in [4.69, 9.17) is 16.7 Å². The lowest BCUT2D eigenvalue weighted by Crippen LogP contribution is -2.15. The summed E-state index contributed by atoms with van der Waals surface area (Å²) in [5, 5.41) is 9.22. The first kappa shape index (κ1) is 15.3. The van der Waals surface area contributed by atoms with Gasteiger partial charge in [-0.15, -0.1) is 0 Å². The molecule has 7 heteroatoms. The number of aromatic carboxylic acids is 1. The molecule has 0 aliphatic rings. The third-order valence-electron chi connectivity index (χ3n) is 2.66. The summed E-state index contributed by atoms with van der Waals surface area (Å²) in [5.74, 6) is -1.30. The molecule has 2 aromatic carbocycles. The lowest BCUT2D eigenvalue weighted by atomic mass is 10.1. The van der Waals surface area contributed by atoms with Crippen LogP contribution < -0.4 is 4.72 Å². The maximum absolute atomic E-state index is 12.0. The van der Waals surface area contributed by atoms with Crippen molar-refractivity contribution in [2.45, 2.75) is 5.75 Å². The zero-order chi connectivity index (χ0) is 15.5. The van der Waals surface area contributed by atoms with E-state index in [1.54, 1.807) is 18.2 Å². The highest BCUT2D eigenvalue weighted by molar-refractivity contribution is 7.91. The maximum atomic E-state index is 12.0. The van der Waals surface area contributed by atoms with Crippen LogP contribution in [-0.4, -0.2) is 19.5 Å². The smallest absolute Gasteiger partial charge is 0.335 e. The Labute approximate surface area is 127 Å². The molecule has 0 atom stereocenters. The highest BCUT2D eigenvalue weighted by Gasteiger charge is 2.12. The standard InChI is InChI=1S/C14H12ClNO4S/c15-12-2-1-3-13(8-12)16-21(19,20)9-10-4-6-11(7-5-10)14(17)18/h1-8,16H,9H2,(H,17,18). The maximum Gasteiger partial charge on any atom is 0.335 e. The summed E-state index contributed by atoms with van der Waals surface area (Å²) < 4.78 is 26.5. The Morgan fingerprint density at radius 3 is 2.38 bits per heavy atom. The molecule has 0 fully saturated rings. The largest absolute Gasteiger partial charge is 0.478 e. The molecule has 0 saturated carbocycles. The molecule has 0 aliphatic carbocycles. The van der Waals surface area contributed by atoms with E-state index in [1.807, 2.05) is 0 Å². The van der Waals surface area contributed by atoms with E-state index in [0.717, 1.165) is 0 Å². The molecule has 2 N–H and O–H groups in total. The van der Waals surface area contributed by atoms with Gasteiger partial charge in [0.1, 0.15) is 0 Å². The van der Waals surface area contributed by atoms with Crippen molar-refractivity contribution < 1.29 is 18.3 Å². The molecule has 0 amide bonds. The van der Waals surface area contributed by atoms with E-state index in [1.165, 1.54) is 30.3 Å². The van der Waals surface area contributed by atoms with Gasteiger partial charge in [-0.2, -0.15) is 0 Å². The predicted molar refractivity (Wildman–Crippen MR) is 81.1 cm³/mol. The average Bonchev–Trinajstić information content (AvgIpc) is 2.38. The molecule has 0 spiro atoms. The molecular formula is C14H12ClNO4S. The van der Waals surface area contributed by atoms with E-state index < -0.39 is 16.0 Å². The zero-order valence-corrected chi connectivity index (χ0v) is 12.4. The summed E-state index contributed by atoms with van der Waals surface area (Å²) in [6, 6.07) is 12.1. The Balaban J connectivity index is 2.12. The number of carboxylic acids is 1. The van der Waals surface area contributed by atoms with Gasteiger partial charge in [0.05, 0.1) is 11.3 Å². The van der Waals surface area contributed by atoms with Crippen molar-refractivity contribution in [3.63, 3.8) is 0 Å². The normalized spacial score (nSPS) is 11.1. The Bertz CT molecular complexity index is 757. The third kappa shape index (κ3) is 4.47. The van der Waals surface area contributed by atoms with Crippen molar-refractivity contribution in [1.82, 2.24) is 0 Å². The van der Waals surface area contributed by atoms with Crippen molar-refractivity contribution in [3.05, 3.63) is 64.7 Å². The van der Waals surface area contributed by atoms with Gasteiger partial charge in [-0.05, 0) is 35.9 Å². The number of hydrogen-bond acceptors (Lipinski definition) is 3. The van der Waals surface area contributed by atoms with Crippen molar-refractivity contribution in [3.8, 4) is 0 Å². The van der Waals surface area contributed by atoms with Crippen LogP contribution >= 0.6 is 11.6 Å². The van der Waals surface area contributed by atoms with Gasteiger partial charge in [-0.3, -0.25) is 4.72 Å². The van der Waals surface area contributed by atoms with Crippen LogP contribution in [0.3, 0.4) is 0 Å². The van der Waals surface area contributed by atoms with E-state index in [0.29, 0.717) is 16.3 Å². The molecule has 5 nitrogen and oxygen atoms in total. The quantitative estimate of drug-likeness (QED) is 0.885. The first-order valence-electron chi connectivity index (χ1n) is 5.94. The van der Waals surface area contributed by atoms with Crippen molar-refractivity contribution in [2.75, 3.05) is 4.72 Å². The first-order valence-corrected chi connectivity index (χ1v) is 7.97. The number of anilines is 1. The molecule has 110 valence electrons. The molecule has 0 unspecified atom stereocenters. The average molecular weight is 326 g/mol. The number of rotatable bonds is 5. The number of carbonyl (C=O) groups is 1. The minimum absolute atomic E-state index is 0.110. The fourth-order valence-electron chi connectivity index (χ4n) is 1.73. The Morgan fingerprint density at radius 2 is 1.81 bits per heavy atom. The third-order valence-corrected chi connectivity index (χ3v) is 4.15. The molecule has 0 heterocycles. The van der Waals surface area contributed by atoms with Crippen LogP contribution in [0.1, 0.15) is 15.9 Å². The van der Waals surface area contributed by atoms with Crippen LogP contribution in [0.2, 0.25) is 5.02 Å². The lowest BCUT2D eigenvalue weighted by molar-refractivity contribution is 0.0697. The van der Waals surface area contributed by atoms with Crippen LogP contribution in [-0.2, 0) is 15.8 Å². The predicted octanol–water partition coefficient (Wildman–Crippen LogP) is 2.98. The second-order valence-electron chi connectivity index (χ2n) is 4.37. The number of benzene rings is 2. The van der Waals surface area contributed by atoms with E-state index in [2.05, 4.69) is 4.72 Å². The molecule has 2 aromatic rings. The molecule has 21 heavy (non-hydrogen) atoms. The summed E-state index contributed by atoms with van der Waals surface area (Å²) in [4.78, 5) is 10.7. The summed E-state index contributed by atoms with van der Waals surface area (Å²) in [6.07, 6.45) is 0. The summed E-state index contributed by atoms with van der Waals surface area (Å²) in [5.41, 5.74) is 0.984. The van der Waals surface area contributed by atoms with Gasteiger partial charge < -0.3 is 5.11 Å². The van der Waals surface area contributed by atoms with Crippen LogP contribution in [0.15, 0.2) is 48.5 Å². The van der Waals surface area contributed by atoms with Crippen molar-refractivity contribution >= 4 is 33.3 Å². The van der Waals surface area contributed by atoms with Gasteiger partial charge in [0.25, 0.3) is 0 Å². The molecule has 0 bridgehead atoms. The highest BCUT2D eigenvalue weighted by Crippen LogP contribution is 2.17. The fraction of sp³-hybridized carbons (Fsp3) is 0.0714. The van der Waals surface area contributed by atoms with Gasteiger partial charge in [-0.25, -0.2) is 13.2 Å². The number of hydrogen-bond donors (Lipinski definition) is 2. The Hall–Kier alpha value is -2.05. The van der Waals surface area contributed by atoms with Crippen molar-refractivity contribution in [2.24, 2.45) is 0 Å². The SMILES string of the molecule is O=C(O)c1ccc(CS(=O)(=O)Nc2cccc(Cl)c2)cc1. The van der Waals surface area contributed by atoms with Crippen LogP contribution in [0, 0.1) is 0 Å². The number of halogens is 1. The monoisotopic (exact) mass is 325 g/mol. The van der Waals surface area contributed by atoms with Gasteiger partial charge in [0.15, 0.2) is 0 Å². The van der Waals surface area contributed by atoms with Gasteiger partial charge >= 0.3 is 5.97 Å². The molecule has 2 rings (SSSR count).